The van der Waals surface area contributed by atoms with Gasteiger partial charge in [0, 0.05) is 0 Å². The third-order valence-corrected chi connectivity index (χ3v) is 2.70. The highest BCUT2D eigenvalue weighted by atomic mass is 16.3. The van der Waals surface area contributed by atoms with E-state index in [0.29, 0.717) is 0 Å². The van der Waals surface area contributed by atoms with Crippen molar-refractivity contribution in [3.05, 3.63) is 0 Å². The summed E-state index contributed by atoms with van der Waals surface area (Å²) in [6, 6.07) is -0.611. The number of hydrogen-bond donors (Lipinski definition) is 4. The first-order chi connectivity index (χ1) is 6.95. The summed E-state index contributed by atoms with van der Waals surface area (Å²) in [6.07, 6.45) is -0.858. The van der Waals surface area contributed by atoms with E-state index in [2.05, 4.69) is 16.0 Å². The molecule has 0 spiro atoms. The van der Waals surface area contributed by atoms with Gasteiger partial charge >= 0.3 is 12.1 Å². The van der Waals surface area contributed by atoms with Gasteiger partial charge in [-0.15, -0.1) is 0 Å². The molecule has 0 aliphatic carbocycles. The van der Waals surface area contributed by atoms with Crippen molar-refractivity contribution in [3.8, 4) is 0 Å². The van der Waals surface area contributed by atoms with Crippen LogP contribution in [-0.2, 0) is 0 Å². The van der Waals surface area contributed by atoms with E-state index in [1.54, 1.807) is 13.8 Å². The summed E-state index contributed by atoms with van der Waals surface area (Å²) in [5, 5.41) is 17.0. The molecular formula is C8H14N4O3. The molecule has 0 bridgehead atoms. The number of fused-ring (bicyclic) bond motifs is 1. The van der Waals surface area contributed by atoms with E-state index in [0.717, 1.165) is 0 Å². The van der Waals surface area contributed by atoms with Gasteiger partial charge in [0.25, 0.3) is 0 Å². The van der Waals surface area contributed by atoms with Gasteiger partial charge in [-0.2, -0.15) is 0 Å². The number of nitrogens with one attached hydrogen (secondary N) is 3. The number of aliphatic hydroxyl groups excluding tert-OH is 1. The minimum Gasteiger partial charge on any atom is -0.394 e. The number of rotatable bonds is 2. The molecule has 2 aliphatic rings. The lowest BCUT2D eigenvalue weighted by Crippen LogP contribution is -2.56. The van der Waals surface area contributed by atoms with Gasteiger partial charge in [-0.3, -0.25) is 4.90 Å². The van der Waals surface area contributed by atoms with Crippen molar-refractivity contribution < 1.29 is 14.7 Å². The maximum atomic E-state index is 11.6. The van der Waals surface area contributed by atoms with Gasteiger partial charge < -0.3 is 21.1 Å². The van der Waals surface area contributed by atoms with Crippen LogP contribution in [0.15, 0.2) is 0 Å². The molecule has 4 N–H and O–H groups in total. The highest BCUT2D eigenvalue weighted by Crippen LogP contribution is 2.23. The molecule has 2 aliphatic heterocycles. The van der Waals surface area contributed by atoms with Crippen molar-refractivity contribution in [3.63, 3.8) is 0 Å². The standard InChI is InChI=1S/C8H14N4O3/c1-8(2,3-13)12-5-4(10-7(12)15)9-6(14)11-5/h4-5,13H,3H2,1-2H3,(H,10,15)(H2,9,11,14)/t4-,5-/m0/s1. The molecule has 84 valence electrons. The van der Waals surface area contributed by atoms with Gasteiger partial charge in [0.05, 0.1) is 12.1 Å². The maximum absolute atomic E-state index is 11.6. The third kappa shape index (κ3) is 1.39. The number of hydrogen-bond acceptors (Lipinski definition) is 3. The Balaban J connectivity index is 2.24. The molecule has 2 heterocycles. The largest absolute Gasteiger partial charge is 0.394 e. The summed E-state index contributed by atoms with van der Waals surface area (Å²) >= 11 is 0. The molecular weight excluding hydrogens is 200 g/mol. The molecule has 0 radical (unpaired) electrons. The fourth-order valence-corrected chi connectivity index (χ4v) is 1.86. The van der Waals surface area contributed by atoms with E-state index in [-0.39, 0.29) is 18.7 Å². The summed E-state index contributed by atoms with van der Waals surface area (Å²) in [4.78, 5) is 24.1. The van der Waals surface area contributed by atoms with Crippen molar-refractivity contribution in [2.75, 3.05) is 6.61 Å². The van der Waals surface area contributed by atoms with E-state index in [1.165, 1.54) is 4.90 Å². The Morgan fingerprint density at radius 1 is 1.33 bits per heavy atom. The first kappa shape index (κ1) is 10.0. The van der Waals surface area contributed by atoms with Crippen LogP contribution in [0.2, 0.25) is 0 Å². The molecule has 0 aromatic carbocycles. The van der Waals surface area contributed by atoms with E-state index >= 15 is 0 Å². The van der Waals surface area contributed by atoms with Crippen molar-refractivity contribution in [2.45, 2.75) is 31.7 Å². The minimum absolute atomic E-state index is 0.167. The number of carbonyl (C=O) groups excluding carboxylic acids is 2. The summed E-state index contributed by atoms with van der Waals surface area (Å²) in [6.45, 7) is 3.30. The molecule has 4 amide bonds. The van der Waals surface area contributed by atoms with E-state index in [1.807, 2.05) is 0 Å². The average Bonchev–Trinajstić information content (AvgIpc) is 2.59. The first-order valence-electron chi connectivity index (χ1n) is 4.73. The van der Waals surface area contributed by atoms with E-state index in [4.69, 9.17) is 0 Å². The quantitative estimate of drug-likeness (QED) is 0.462. The van der Waals surface area contributed by atoms with Crippen LogP contribution in [0.4, 0.5) is 9.59 Å². The fraction of sp³-hybridized carbons (Fsp3) is 0.750. The van der Waals surface area contributed by atoms with Crippen LogP contribution >= 0.6 is 0 Å². The molecule has 7 heteroatoms. The number of aliphatic hydroxyl groups is 1. The fourth-order valence-electron chi connectivity index (χ4n) is 1.86. The second-order valence-electron chi connectivity index (χ2n) is 4.33. The maximum Gasteiger partial charge on any atom is 0.321 e. The number of urea groups is 2. The Bertz CT molecular complexity index is 317. The SMILES string of the molecule is CC(C)(CO)N1C(=O)N[C@@H]2NC(=O)N[C@H]21. The van der Waals surface area contributed by atoms with Crippen molar-refractivity contribution >= 4 is 12.1 Å². The zero-order valence-corrected chi connectivity index (χ0v) is 8.57. The zero-order valence-electron chi connectivity index (χ0n) is 8.57. The van der Waals surface area contributed by atoms with Gasteiger partial charge in [0.1, 0.15) is 12.3 Å². The monoisotopic (exact) mass is 214 g/mol. The Labute approximate surface area is 86.8 Å². The number of carbonyl (C=O) groups is 2. The molecule has 0 saturated carbocycles. The molecule has 2 rings (SSSR count). The Morgan fingerprint density at radius 2 is 2.00 bits per heavy atom. The molecule has 7 nitrogen and oxygen atoms in total. The van der Waals surface area contributed by atoms with Crippen LogP contribution in [0.1, 0.15) is 13.8 Å². The van der Waals surface area contributed by atoms with Crippen molar-refractivity contribution in [1.29, 1.82) is 0 Å². The zero-order chi connectivity index (χ0) is 11.2. The lowest BCUT2D eigenvalue weighted by atomic mass is 10.0. The molecule has 0 aromatic heterocycles. The normalized spacial score (nSPS) is 29.7. The summed E-state index contributed by atoms with van der Waals surface area (Å²) in [7, 11) is 0. The Kier molecular flexibility index (Phi) is 2.00. The Hall–Kier alpha value is -1.50. The molecule has 0 unspecified atom stereocenters. The van der Waals surface area contributed by atoms with Gasteiger partial charge in [0.2, 0.25) is 0 Å². The van der Waals surface area contributed by atoms with Gasteiger partial charge in [-0.25, -0.2) is 9.59 Å². The van der Waals surface area contributed by atoms with Crippen molar-refractivity contribution in [1.82, 2.24) is 20.9 Å². The third-order valence-electron chi connectivity index (χ3n) is 2.70. The van der Waals surface area contributed by atoms with Crippen LogP contribution < -0.4 is 16.0 Å². The van der Waals surface area contributed by atoms with Gasteiger partial charge in [-0.05, 0) is 13.8 Å². The highest BCUT2D eigenvalue weighted by molar-refractivity contribution is 5.85. The molecule has 15 heavy (non-hydrogen) atoms. The van der Waals surface area contributed by atoms with Crippen LogP contribution in [-0.4, -0.2) is 46.5 Å². The Morgan fingerprint density at radius 3 is 2.60 bits per heavy atom. The lowest BCUT2D eigenvalue weighted by molar-refractivity contribution is 0.0653. The summed E-state index contributed by atoms with van der Waals surface area (Å²) < 4.78 is 0. The van der Waals surface area contributed by atoms with E-state index < -0.39 is 17.9 Å². The van der Waals surface area contributed by atoms with E-state index in [9.17, 15) is 14.7 Å². The predicted molar refractivity (Wildman–Crippen MR) is 50.8 cm³/mol. The molecule has 2 fully saturated rings. The summed E-state index contributed by atoms with van der Waals surface area (Å²) in [5.41, 5.74) is -0.706. The van der Waals surface area contributed by atoms with Gasteiger partial charge in [-0.1, -0.05) is 0 Å². The molecule has 2 saturated heterocycles. The van der Waals surface area contributed by atoms with Crippen LogP contribution in [0.5, 0.6) is 0 Å². The predicted octanol–water partition coefficient (Wildman–Crippen LogP) is -1.25. The van der Waals surface area contributed by atoms with Crippen LogP contribution in [0, 0.1) is 0 Å². The minimum atomic E-state index is -0.706. The molecule has 0 aromatic rings. The number of amides is 4. The second-order valence-corrected chi connectivity index (χ2v) is 4.33. The number of nitrogens with zero attached hydrogens (tertiary/aromatic N) is 1. The highest BCUT2D eigenvalue weighted by Gasteiger charge is 2.50. The second kappa shape index (κ2) is 2.99. The first-order valence-corrected chi connectivity index (χ1v) is 4.73. The van der Waals surface area contributed by atoms with Gasteiger partial charge in [0.15, 0.2) is 0 Å². The lowest BCUT2D eigenvalue weighted by Gasteiger charge is -2.36. The molecule has 2 atom stereocenters. The average molecular weight is 214 g/mol. The smallest absolute Gasteiger partial charge is 0.321 e. The topological polar surface area (TPSA) is 93.7 Å². The van der Waals surface area contributed by atoms with Crippen molar-refractivity contribution in [2.24, 2.45) is 0 Å². The van der Waals surface area contributed by atoms with Crippen LogP contribution in [0.25, 0.3) is 0 Å². The summed E-state index contributed by atoms with van der Waals surface area (Å²) in [5.74, 6) is 0. The van der Waals surface area contributed by atoms with Crippen LogP contribution in [0.3, 0.4) is 0 Å².